The maximum absolute atomic E-state index is 11.3. The largest absolute Gasteiger partial charge is 0.354 e. The van der Waals surface area contributed by atoms with Crippen LogP contribution >= 0.6 is 0 Å². The van der Waals surface area contributed by atoms with Crippen molar-refractivity contribution in [3.05, 3.63) is 0 Å². The maximum Gasteiger partial charge on any atom is 0.237 e. The van der Waals surface area contributed by atoms with Gasteiger partial charge in [-0.25, -0.2) is 0 Å². The minimum Gasteiger partial charge on any atom is -0.354 e. The first-order chi connectivity index (χ1) is 6.61. The zero-order valence-electron chi connectivity index (χ0n) is 8.58. The van der Waals surface area contributed by atoms with Gasteiger partial charge in [0.15, 0.2) is 0 Å². The Hall–Kier alpha value is -0.890. The van der Waals surface area contributed by atoms with Crippen LogP contribution in [-0.4, -0.2) is 28.7 Å². The van der Waals surface area contributed by atoms with Crippen molar-refractivity contribution in [1.82, 2.24) is 5.32 Å². The van der Waals surface area contributed by atoms with Crippen LogP contribution in [0.25, 0.3) is 0 Å². The molecule has 0 radical (unpaired) electrons. The molecule has 80 valence electrons. The maximum atomic E-state index is 11.3. The fourth-order valence-corrected chi connectivity index (χ4v) is 1.37. The highest BCUT2D eigenvalue weighted by molar-refractivity contribution is 7.84. The Kier molecular flexibility index (Phi) is 7.03. The molecule has 0 aliphatic heterocycles. The molecule has 0 saturated heterocycles. The minimum atomic E-state index is -0.899. The molecule has 4 nitrogen and oxygen atoms in total. The zero-order valence-corrected chi connectivity index (χ0v) is 9.39. The Bertz CT molecular complexity index is 248. The molecule has 0 aliphatic carbocycles. The third kappa shape index (κ3) is 5.70. The van der Waals surface area contributed by atoms with Crippen molar-refractivity contribution in [2.24, 2.45) is 5.92 Å². The molecule has 1 amide bonds. The van der Waals surface area contributed by atoms with E-state index in [1.165, 1.54) is 0 Å². The number of hydrogen-bond acceptors (Lipinski definition) is 3. The van der Waals surface area contributed by atoms with Gasteiger partial charge in [-0.3, -0.25) is 9.00 Å². The van der Waals surface area contributed by atoms with Crippen molar-refractivity contribution in [3.8, 4) is 6.07 Å². The Morgan fingerprint density at radius 2 is 2.29 bits per heavy atom. The summed E-state index contributed by atoms with van der Waals surface area (Å²) < 4.78 is 10.7. The lowest BCUT2D eigenvalue weighted by Crippen LogP contribution is -2.32. The number of nitrogens with zero attached hydrogens (tertiary/aromatic N) is 1. The molecule has 0 aromatic rings. The van der Waals surface area contributed by atoms with E-state index in [2.05, 4.69) is 5.32 Å². The van der Waals surface area contributed by atoms with Gasteiger partial charge in [-0.05, 0) is 6.42 Å². The number of nitriles is 1. The second-order valence-corrected chi connectivity index (χ2v) is 4.59. The smallest absolute Gasteiger partial charge is 0.237 e. The van der Waals surface area contributed by atoms with E-state index in [4.69, 9.17) is 5.26 Å². The number of rotatable bonds is 6. The van der Waals surface area contributed by atoms with Crippen LogP contribution in [-0.2, 0) is 15.6 Å². The van der Waals surface area contributed by atoms with E-state index in [-0.39, 0.29) is 5.91 Å². The summed E-state index contributed by atoms with van der Waals surface area (Å²) in [5.74, 6) is -0.374. The summed E-state index contributed by atoms with van der Waals surface area (Å²) in [5, 5.41) is 11.3. The summed E-state index contributed by atoms with van der Waals surface area (Å²) in [6.07, 6.45) is 2.98. The van der Waals surface area contributed by atoms with Gasteiger partial charge in [-0.2, -0.15) is 5.26 Å². The lowest BCUT2D eigenvalue weighted by atomic mass is 10.1. The van der Waals surface area contributed by atoms with Crippen molar-refractivity contribution >= 4 is 16.7 Å². The second-order valence-electron chi connectivity index (χ2n) is 3.04. The molecular weight excluding hydrogens is 200 g/mol. The molecule has 0 heterocycles. The summed E-state index contributed by atoms with van der Waals surface area (Å²) in [5.41, 5.74) is 0. The highest BCUT2D eigenvalue weighted by atomic mass is 32.2. The molecule has 0 aromatic carbocycles. The lowest BCUT2D eigenvalue weighted by Gasteiger charge is -2.07. The number of carbonyl (C=O) groups excluding carboxylic acids is 1. The van der Waals surface area contributed by atoms with Crippen LogP contribution in [0.15, 0.2) is 0 Å². The summed E-state index contributed by atoms with van der Waals surface area (Å²) in [6, 6.07) is 1.95. The van der Waals surface area contributed by atoms with E-state index in [0.29, 0.717) is 18.7 Å². The molecule has 5 heteroatoms. The molecule has 1 N–H and O–H groups in total. The van der Waals surface area contributed by atoms with Gasteiger partial charge in [-0.1, -0.05) is 13.3 Å². The summed E-state index contributed by atoms with van der Waals surface area (Å²) >= 11 is 0. The molecule has 2 unspecified atom stereocenters. The molecule has 0 aromatic heterocycles. The molecule has 0 fully saturated rings. The van der Waals surface area contributed by atoms with Crippen LogP contribution in [0.3, 0.4) is 0 Å². The molecule has 0 bridgehead atoms. The first-order valence-corrected chi connectivity index (χ1v) is 6.31. The fraction of sp³-hybridized carbons (Fsp3) is 0.778. The van der Waals surface area contributed by atoms with Gasteiger partial charge in [0.1, 0.15) is 5.92 Å². The van der Waals surface area contributed by atoms with Crippen LogP contribution in [0.2, 0.25) is 0 Å². The van der Waals surface area contributed by atoms with Crippen LogP contribution in [0.5, 0.6) is 0 Å². The lowest BCUT2D eigenvalue weighted by molar-refractivity contribution is -0.123. The van der Waals surface area contributed by atoms with Crippen molar-refractivity contribution in [2.45, 2.75) is 19.8 Å². The van der Waals surface area contributed by atoms with Crippen molar-refractivity contribution in [2.75, 3.05) is 18.6 Å². The van der Waals surface area contributed by atoms with Crippen molar-refractivity contribution in [3.63, 3.8) is 0 Å². The molecule has 14 heavy (non-hydrogen) atoms. The predicted molar refractivity (Wildman–Crippen MR) is 56.0 cm³/mol. The van der Waals surface area contributed by atoms with Gasteiger partial charge in [-0.15, -0.1) is 0 Å². The van der Waals surface area contributed by atoms with Crippen molar-refractivity contribution in [1.29, 1.82) is 5.26 Å². The second kappa shape index (κ2) is 7.51. The first kappa shape index (κ1) is 13.1. The van der Waals surface area contributed by atoms with Gasteiger partial charge in [0.2, 0.25) is 5.91 Å². The Labute approximate surface area is 87.1 Å². The molecule has 0 rings (SSSR count). The van der Waals surface area contributed by atoms with Crippen LogP contribution in [0.1, 0.15) is 19.8 Å². The van der Waals surface area contributed by atoms with E-state index >= 15 is 0 Å². The number of amides is 1. The zero-order chi connectivity index (χ0) is 11.0. The van der Waals surface area contributed by atoms with E-state index in [1.807, 2.05) is 13.0 Å². The van der Waals surface area contributed by atoms with E-state index in [9.17, 15) is 9.00 Å². The van der Waals surface area contributed by atoms with Gasteiger partial charge in [0.25, 0.3) is 0 Å². The van der Waals surface area contributed by atoms with Gasteiger partial charge < -0.3 is 5.32 Å². The monoisotopic (exact) mass is 216 g/mol. The summed E-state index contributed by atoms with van der Waals surface area (Å²) in [7, 11) is -0.899. The van der Waals surface area contributed by atoms with E-state index in [0.717, 1.165) is 6.42 Å². The quantitative estimate of drug-likeness (QED) is 0.699. The third-order valence-corrected chi connectivity index (χ3v) is 2.52. The Balaban J connectivity index is 3.82. The fourth-order valence-electron chi connectivity index (χ4n) is 0.984. The van der Waals surface area contributed by atoms with Gasteiger partial charge in [0, 0.05) is 29.4 Å². The SMILES string of the molecule is CCCC(C#N)C(=O)NCCS(C)=O. The average molecular weight is 216 g/mol. The number of nitrogens with one attached hydrogen (secondary N) is 1. The Morgan fingerprint density at radius 3 is 2.71 bits per heavy atom. The number of hydrogen-bond donors (Lipinski definition) is 1. The molecule has 2 atom stereocenters. The molecule has 0 aliphatic rings. The van der Waals surface area contributed by atoms with Gasteiger partial charge >= 0.3 is 0 Å². The molecule has 0 saturated carbocycles. The third-order valence-electron chi connectivity index (χ3n) is 1.74. The van der Waals surface area contributed by atoms with Crippen molar-refractivity contribution < 1.29 is 9.00 Å². The molecule has 0 spiro atoms. The molecular formula is C9H16N2O2S. The first-order valence-electron chi connectivity index (χ1n) is 4.59. The Morgan fingerprint density at radius 1 is 1.64 bits per heavy atom. The predicted octanol–water partition coefficient (Wildman–Crippen LogP) is 0.421. The van der Waals surface area contributed by atoms with Crippen LogP contribution < -0.4 is 5.32 Å². The van der Waals surface area contributed by atoms with Crippen LogP contribution in [0.4, 0.5) is 0 Å². The highest BCUT2D eigenvalue weighted by Crippen LogP contribution is 2.04. The average Bonchev–Trinajstić information content (AvgIpc) is 2.13. The van der Waals surface area contributed by atoms with E-state index < -0.39 is 16.7 Å². The highest BCUT2D eigenvalue weighted by Gasteiger charge is 2.15. The normalized spacial score (nSPS) is 14.1. The van der Waals surface area contributed by atoms with Crippen LogP contribution in [0, 0.1) is 17.2 Å². The topological polar surface area (TPSA) is 70.0 Å². The number of carbonyl (C=O) groups is 1. The van der Waals surface area contributed by atoms with Gasteiger partial charge in [0.05, 0.1) is 6.07 Å². The minimum absolute atomic E-state index is 0.250. The standard InChI is InChI=1S/C9H16N2O2S/c1-3-4-8(7-10)9(12)11-5-6-14(2)13/h8H,3-6H2,1-2H3,(H,11,12). The summed E-state index contributed by atoms with van der Waals surface area (Å²) in [4.78, 5) is 11.3. The van der Waals surface area contributed by atoms with E-state index in [1.54, 1.807) is 6.26 Å². The summed E-state index contributed by atoms with van der Waals surface area (Å²) in [6.45, 7) is 2.31.